The van der Waals surface area contributed by atoms with Crippen LogP contribution >= 0.6 is 0 Å². The molecule has 2 amide bonds. The van der Waals surface area contributed by atoms with Crippen LogP contribution in [0.5, 0.6) is 0 Å². The van der Waals surface area contributed by atoms with E-state index in [0.29, 0.717) is 0 Å². The first-order chi connectivity index (χ1) is 12.4. The molecule has 150 valence electrons. The average Bonchev–Trinajstić information content (AvgIpc) is 2.53. The van der Waals surface area contributed by atoms with Gasteiger partial charge in [-0.25, -0.2) is 13.6 Å². The topological polar surface area (TPSA) is 95.0 Å². The lowest BCUT2D eigenvalue weighted by Crippen LogP contribution is -2.51. The van der Waals surface area contributed by atoms with Gasteiger partial charge in [-0.3, -0.25) is 4.79 Å². The monoisotopic (exact) mass is 388 g/mol. The van der Waals surface area contributed by atoms with E-state index in [0.717, 1.165) is 4.73 Å². The Morgan fingerprint density at radius 2 is 2.04 bits per heavy atom. The maximum atomic E-state index is 14.6. The molecule has 1 aliphatic rings. The van der Waals surface area contributed by atoms with Crippen molar-refractivity contribution in [1.82, 2.24) is 4.90 Å². The fourth-order valence-corrected chi connectivity index (χ4v) is 2.79. The molecule has 0 spiro atoms. The van der Waals surface area contributed by atoms with E-state index < -0.39 is 35.9 Å². The van der Waals surface area contributed by atoms with Crippen molar-refractivity contribution in [1.29, 1.82) is 0 Å². The van der Waals surface area contributed by atoms with E-state index in [9.17, 15) is 18.4 Å². The number of nitrogens with zero attached hydrogens (tertiary/aromatic N) is 2. The Morgan fingerprint density at radius 1 is 1.37 bits per heavy atom. The fraction of sp³-hybridized carbons (Fsp3) is 0.588. The minimum atomic E-state index is -3.07. The molecule has 2 N–H and O–H groups in total. The molecule has 1 atom stereocenters. The molecule has 1 fully saturated rings. The van der Waals surface area contributed by atoms with Crippen LogP contribution in [0.25, 0.3) is 0 Å². The Morgan fingerprint density at radius 3 is 2.59 bits per heavy atom. The first-order valence-corrected chi connectivity index (χ1v) is 8.37. The van der Waals surface area contributed by atoms with Gasteiger partial charge in [0.25, 0.3) is 5.92 Å². The lowest BCUT2D eigenvalue weighted by atomic mass is 9.87. The lowest BCUT2D eigenvalue weighted by Gasteiger charge is -2.38. The number of primary amides is 1. The lowest BCUT2D eigenvalue weighted by molar-refractivity contribution is -0.957. The number of rotatable bonds is 4. The van der Waals surface area contributed by atoms with Gasteiger partial charge in [-0.1, -0.05) is 4.99 Å². The van der Waals surface area contributed by atoms with E-state index in [1.807, 2.05) is 0 Å². The van der Waals surface area contributed by atoms with Crippen LogP contribution in [0.4, 0.5) is 13.6 Å². The van der Waals surface area contributed by atoms with Crippen LogP contribution in [0.15, 0.2) is 18.3 Å². The molecule has 0 aliphatic carbocycles. The smallest absolute Gasteiger partial charge is 0.410 e. The predicted octanol–water partition coefficient (Wildman–Crippen LogP) is 1.42. The summed E-state index contributed by atoms with van der Waals surface area (Å²) in [5.74, 6) is -5.27. The number of pyridine rings is 1. The van der Waals surface area contributed by atoms with Gasteiger partial charge >= 0.3 is 17.7 Å². The predicted molar refractivity (Wildman–Crippen MR) is 88.9 cm³/mol. The van der Waals surface area contributed by atoms with E-state index in [1.165, 1.54) is 30.3 Å². The van der Waals surface area contributed by atoms with Gasteiger partial charge in [0.15, 0.2) is 0 Å². The minimum Gasteiger partial charge on any atom is -0.444 e. The molecule has 0 saturated carbocycles. The number of hydrogen-bond donors (Lipinski definition) is 1. The van der Waals surface area contributed by atoms with Gasteiger partial charge in [0, 0.05) is 31.6 Å². The normalized spacial score (nSPS) is 19.5. The quantitative estimate of drug-likeness (QED) is 0.478. The van der Waals surface area contributed by atoms with E-state index in [1.54, 1.807) is 20.8 Å². The van der Waals surface area contributed by atoms with E-state index in [4.69, 9.17) is 15.5 Å². The first kappa shape index (κ1) is 20.8. The molecule has 0 radical (unpaired) electrons. The zero-order chi connectivity index (χ0) is 20.4. The van der Waals surface area contributed by atoms with Crippen molar-refractivity contribution in [3.05, 3.63) is 29.6 Å². The Labute approximate surface area is 155 Å². The number of ether oxygens (including phenoxy) is 1. The minimum absolute atomic E-state index is 0.124. The number of alkyl halides is 2. The zero-order valence-corrected chi connectivity index (χ0v) is 15.7. The second-order valence-corrected chi connectivity index (χ2v) is 7.27. The van der Waals surface area contributed by atoms with Crippen LogP contribution in [-0.2, 0) is 9.62 Å². The number of aromatic nitrogens is 1. The third kappa shape index (κ3) is 5.03. The third-order valence-corrected chi connectivity index (χ3v) is 4.03. The number of carbonyl (C=O) groups is 2. The fourth-order valence-electron chi connectivity index (χ4n) is 2.79. The summed E-state index contributed by atoms with van der Waals surface area (Å²) < 4.78 is 35.3. The molecule has 1 aromatic heterocycles. The van der Waals surface area contributed by atoms with Crippen LogP contribution in [-0.4, -0.2) is 48.6 Å². The van der Waals surface area contributed by atoms with Crippen LogP contribution in [0.2, 0.25) is 0 Å². The average molecular weight is 388 g/mol. The molecular weight excluding hydrogens is 364 g/mol. The molecule has 1 aliphatic heterocycles. The molecule has 1 unspecified atom stereocenters. The number of nitrogens with two attached hydrogens (primary N) is 1. The number of hydrogen-bond acceptors (Lipinski definition) is 5. The Balaban J connectivity index is 2.32. The highest BCUT2D eigenvalue weighted by Gasteiger charge is 2.47. The molecular formula is C17H24F2N3O5+. The largest absolute Gasteiger partial charge is 0.444 e. The summed E-state index contributed by atoms with van der Waals surface area (Å²) in [5.41, 5.74) is 4.54. The molecule has 0 aromatic carbocycles. The van der Waals surface area contributed by atoms with E-state index in [-0.39, 0.29) is 24.3 Å². The van der Waals surface area contributed by atoms with Crippen LogP contribution < -0.4 is 15.5 Å². The number of amides is 2. The summed E-state index contributed by atoms with van der Waals surface area (Å²) in [6, 6.07) is 2.57. The van der Waals surface area contributed by atoms with Gasteiger partial charge in [0.1, 0.15) is 5.60 Å². The summed E-state index contributed by atoms with van der Waals surface area (Å²) in [6.45, 7) is 4.72. The van der Waals surface area contributed by atoms with Crippen LogP contribution in [0.1, 0.15) is 49.2 Å². The maximum absolute atomic E-state index is 14.6. The van der Waals surface area contributed by atoms with Gasteiger partial charge in [0.05, 0.1) is 17.8 Å². The van der Waals surface area contributed by atoms with Gasteiger partial charge < -0.3 is 15.4 Å². The van der Waals surface area contributed by atoms with Crippen molar-refractivity contribution in [3.8, 4) is 0 Å². The molecule has 8 nitrogen and oxygen atoms in total. The Kier molecular flexibility index (Phi) is 5.88. The molecule has 27 heavy (non-hydrogen) atoms. The van der Waals surface area contributed by atoms with Gasteiger partial charge in [-0.2, -0.15) is 0 Å². The summed E-state index contributed by atoms with van der Waals surface area (Å²) in [5, 5.41) is 0. The number of piperidine rings is 1. The third-order valence-electron chi connectivity index (χ3n) is 4.03. The van der Waals surface area contributed by atoms with Crippen molar-refractivity contribution in [3.63, 3.8) is 0 Å². The van der Waals surface area contributed by atoms with Gasteiger partial charge in [-0.15, -0.1) is 4.89 Å². The maximum Gasteiger partial charge on any atom is 0.410 e. The van der Waals surface area contributed by atoms with E-state index >= 15 is 0 Å². The SMILES string of the molecule is COO[n+]1ccc(C2CN(C(=O)OC(C)(C)C)CCC2(F)F)cc1C(N)=O. The highest BCUT2D eigenvalue weighted by Crippen LogP contribution is 2.40. The van der Waals surface area contributed by atoms with Crippen molar-refractivity contribution in [2.75, 3.05) is 20.2 Å². The molecule has 1 saturated heterocycles. The van der Waals surface area contributed by atoms with Crippen LogP contribution in [0.3, 0.4) is 0 Å². The van der Waals surface area contributed by atoms with Crippen molar-refractivity contribution in [2.24, 2.45) is 5.73 Å². The number of halogens is 2. The number of likely N-dealkylation sites (tertiary alicyclic amines) is 1. The Bertz CT molecular complexity index is 721. The van der Waals surface area contributed by atoms with Gasteiger partial charge in [0.2, 0.25) is 6.20 Å². The standard InChI is InChI=1S/C17H23F2N3O5/c1-16(2,3)26-15(24)21-8-6-17(18,19)12(10-21)11-5-7-22(27-25-4)13(9-11)14(20)23/h5,7,9,12H,6,8,10H2,1-4H3,(H-,20,23)/p+1. The summed E-state index contributed by atoms with van der Waals surface area (Å²) in [6.07, 6.45) is 0.0695. The number of carbonyl (C=O) groups excluding carboxylic acids is 2. The molecule has 1 aromatic rings. The molecule has 2 heterocycles. The van der Waals surface area contributed by atoms with Crippen molar-refractivity contribution >= 4 is 12.0 Å². The van der Waals surface area contributed by atoms with Crippen LogP contribution in [0, 0.1) is 0 Å². The highest BCUT2D eigenvalue weighted by atomic mass is 19.3. The molecule has 10 heteroatoms. The van der Waals surface area contributed by atoms with Gasteiger partial charge in [-0.05, 0) is 26.3 Å². The highest BCUT2D eigenvalue weighted by molar-refractivity contribution is 5.89. The Hall–Kier alpha value is -2.49. The van der Waals surface area contributed by atoms with Crippen molar-refractivity contribution in [2.45, 2.75) is 44.6 Å². The zero-order valence-electron chi connectivity index (χ0n) is 15.7. The molecule has 0 bridgehead atoms. The second kappa shape index (κ2) is 7.63. The second-order valence-electron chi connectivity index (χ2n) is 7.27. The summed E-state index contributed by atoms with van der Waals surface area (Å²) >= 11 is 0. The molecule has 2 rings (SSSR count). The van der Waals surface area contributed by atoms with E-state index in [2.05, 4.69) is 4.89 Å². The summed E-state index contributed by atoms with van der Waals surface area (Å²) in [7, 11) is 1.22. The van der Waals surface area contributed by atoms with Crippen molar-refractivity contribution < 1.29 is 37.7 Å². The first-order valence-electron chi connectivity index (χ1n) is 8.37. The summed E-state index contributed by atoms with van der Waals surface area (Å²) in [4.78, 5) is 34.3.